The average molecular weight is 474 g/mol. The minimum Gasteiger partial charge on any atom is -0.493 e. The van der Waals surface area contributed by atoms with Crippen molar-refractivity contribution in [2.24, 2.45) is 0 Å². The molecular formula is C23H27N3O4S2. The molecule has 170 valence electrons. The van der Waals surface area contributed by atoms with Gasteiger partial charge in [-0.3, -0.25) is 9.59 Å². The van der Waals surface area contributed by atoms with Crippen LogP contribution in [0.2, 0.25) is 0 Å². The number of hydrogen-bond donors (Lipinski definition) is 1. The van der Waals surface area contributed by atoms with Gasteiger partial charge in [0, 0.05) is 18.0 Å². The molecule has 1 unspecified atom stereocenters. The van der Waals surface area contributed by atoms with E-state index in [9.17, 15) is 9.59 Å². The first-order chi connectivity index (χ1) is 15.3. The van der Waals surface area contributed by atoms with Gasteiger partial charge in [0.15, 0.2) is 11.5 Å². The lowest BCUT2D eigenvalue weighted by molar-refractivity contribution is -0.131. The lowest BCUT2D eigenvalue weighted by atomic mass is 9.98. The number of aryl methyl sites for hydroxylation is 2. The Balaban J connectivity index is 1.43. The Morgan fingerprint density at radius 1 is 1.25 bits per heavy atom. The number of hydrogen-bond acceptors (Lipinski definition) is 7. The number of methoxy groups -OCH3 is 2. The highest BCUT2D eigenvalue weighted by atomic mass is 32.2. The largest absolute Gasteiger partial charge is 0.493 e. The third-order valence-corrected chi connectivity index (χ3v) is 8.18. The zero-order valence-corrected chi connectivity index (χ0v) is 20.5. The molecule has 3 aromatic rings. The number of H-pyrrole nitrogens is 1. The molecule has 0 radical (unpaired) electrons. The van der Waals surface area contributed by atoms with Crippen molar-refractivity contribution in [1.29, 1.82) is 0 Å². The molecule has 2 aromatic heterocycles. The summed E-state index contributed by atoms with van der Waals surface area (Å²) in [6.45, 7) is 7.07. The SMILES string of the molecule is COc1cc2c(cc1OC)CN(C(=O)C(C)SCc1nc3sc(C)c(C)c3c(=O)[nH]1)CC2. The molecule has 0 aliphatic carbocycles. The van der Waals surface area contributed by atoms with Gasteiger partial charge in [-0.1, -0.05) is 0 Å². The van der Waals surface area contributed by atoms with Gasteiger partial charge in [-0.15, -0.1) is 23.1 Å². The molecule has 0 saturated carbocycles. The van der Waals surface area contributed by atoms with Crippen molar-refractivity contribution in [3.8, 4) is 11.5 Å². The van der Waals surface area contributed by atoms with Crippen LogP contribution in [0, 0.1) is 13.8 Å². The summed E-state index contributed by atoms with van der Waals surface area (Å²) < 4.78 is 10.8. The van der Waals surface area contributed by atoms with Crippen molar-refractivity contribution in [3.05, 3.63) is 49.9 Å². The van der Waals surface area contributed by atoms with Crippen LogP contribution >= 0.6 is 23.1 Å². The van der Waals surface area contributed by atoms with E-state index in [2.05, 4.69) is 9.97 Å². The highest BCUT2D eigenvalue weighted by Gasteiger charge is 2.26. The molecule has 7 nitrogen and oxygen atoms in total. The summed E-state index contributed by atoms with van der Waals surface area (Å²) in [5, 5.41) is 0.425. The van der Waals surface area contributed by atoms with Crippen LogP contribution in [0.15, 0.2) is 16.9 Å². The first-order valence-electron chi connectivity index (χ1n) is 10.5. The van der Waals surface area contributed by atoms with E-state index >= 15 is 0 Å². The second kappa shape index (κ2) is 9.15. The number of benzene rings is 1. The lowest BCUT2D eigenvalue weighted by Gasteiger charge is -2.31. The molecule has 1 aromatic carbocycles. The molecule has 0 fully saturated rings. The number of amides is 1. The fourth-order valence-electron chi connectivity index (χ4n) is 3.97. The van der Waals surface area contributed by atoms with E-state index in [4.69, 9.17) is 9.47 Å². The van der Waals surface area contributed by atoms with Gasteiger partial charge in [-0.2, -0.15) is 0 Å². The van der Waals surface area contributed by atoms with Gasteiger partial charge in [0.05, 0.1) is 30.6 Å². The van der Waals surface area contributed by atoms with E-state index in [0.717, 1.165) is 27.3 Å². The number of thioether (sulfide) groups is 1. The zero-order chi connectivity index (χ0) is 23.0. The quantitative estimate of drug-likeness (QED) is 0.586. The first-order valence-corrected chi connectivity index (χ1v) is 12.3. The van der Waals surface area contributed by atoms with Crippen LogP contribution in [0.3, 0.4) is 0 Å². The van der Waals surface area contributed by atoms with Crippen LogP contribution in [0.5, 0.6) is 11.5 Å². The number of carbonyl (C=O) groups excluding carboxylic acids is 1. The molecule has 32 heavy (non-hydrogen) atoms. The van der Waals surface area contributed by atoms with Crippen molar-refractivity contribution in [3.63, 3.8) is 0 Å². The van der Waals surface area contributed by atoms with Crippen molar-refractivity contribution >= 4 is 39.2 Å². The van der Waals surface area contributed by atoms with E-state index in [-0.39, 0.29) is 16.7 Å². The summed E-state index contributed by atoms with van der Waals surface area (Å²) in [7, 11) is 3.24. The standard InChI is InChI=1S/C23H27N3O4S2/c1-12-13(2)32-22-20(12)21(27)24-19(25-22)11-31-14(3)23(28)26-7-6-15-8-17(29-4)18(30-5)9-16(15)10-26/h8-9,14H,6-7,10-11H2,1-5H3,(H,24,25,27). The molecule has 9 heteroatoms. The highest BCUT2D eigenvalue weighted by molar-refractivity contribution is 7.99. The Bertz CT molecular complexity index is 1230. The molecule has 1 amide bonds. The van der Waals surface area contributed by atoms with Gasteiger partial charge in [-0.25, -0.2) is 4.98 Å². The summed E-state index contributed by atoms with van der Waals surface area (Å²) in [5.41, 5.74) is 3.15. The van der Waals surface area contributed by atoms with Gasteiger partial charge in [0.2, 0.25) is 5.91 Å². The van der Waals surface area contributed by atoms with E-state index in [1.807, 2.05) is 37.8 Å². The molecule has 1 N–H and O–H groups in total. The number of carbonyl (C=O) groups is 1. The monoisotopic (exact) mass is 473 g/mol. The van der Waals surface area contributed by atoms with Crippen LogP contribution in [0.25, 0.3) is 10.2 Å². The Morgan fingerprint density at radius 3 is 2.62 bits per heavy atom. The summed E-state index contributed by atoms with van der Waals surface area (Å²) >= 11 is 3.03. The van der Waals surface area contributed by atoms with Gasteiger partial charge in [0.25, 0.3) is 5.56 Å². The second-order valence-corrected chi connectivity index (χ2v) is 10.4. The minimum atomic E-state index is -0.246. The number of ether oxygens (including phenoxy) is 2. The number of aromatic nitrogens is 2. The fraction of sp³-hybridized carbons (Fsp3) is 0.435. The maximum absolute atomic E-state index is 13.1. The molecule has 0 spiro atoms. The van der Waals surface area contributed by atoms with Crippen molar-refractivity contribution < 1.29 is 14.3 Å². The van der Waals surface area contributed by atoms with E-state index in [1.165, 1.54) is 28.7 Å². The van der Waals surface area contributed by atoms with Crippen LogP contribution in [0.1, 0.15) is 34.3 Å². The average Bonchev–Trinajstić information content (AvgIpc) is 3.09. The van der Waals surface area contributed by atoms with Gasteiger partial charge < -0.3 is 19.4 Å². The van der Waals surface area contributed by atoms with Crippen molar-refractivity contribution in [1.82, 2.24) is 14.9 Å². The fourth-order valence-corrected chi connectivity index (χ4v) is 5.86. The number of fused-ring (bicyclic) bond motifs is 2. The normalized spacial score (nSPS) is 14.3. The molecule has 1 aliphatic heterocycles. The molecule has 3 heterocycles. The zero-order valence-electron chi connectivity index (χ0n) is 18.9. The molecular weight excluding hydrogens is 446 g/mol. The van der Waals surface area contributed by atoms with E-state index in [0.29, 0.717) is 41.6 Å². The smallest absolute Gasteiger partial charge is 0.259 e. The predicted octanol–water partition coefficient (Wildman–Crippen LogP) is 3.83. The lowest BCUT2D eigenvalue weighted by Crippen LogP contribution is -2.40. The number of aromatic amines is 1. The third kappa shape index (κ3) is 4.23. The maximum atomic E-state index is 13.1. The second-order valence-electron chi connectivity index (χ2n) is 7.91. The van der Waals surface area contributed by atoms with Crippen LogP contribution in [-0.2, 0) is 23.5 Å². The molecule has 4 rings (SSSR count). The topological polar surface area (TPSA) is 84.5 Å². The summed E-state index contributed by atoms with van der Waals surface area (Å²) in [6.07, 6.45) is 0.779. The number of thiophene rings is 1. The number of nitrogens with zero attached hydrogens (tertiary/aromatic N) is 2. The van der Waals surface area contributed by atoms with Crippen molar-refractivity contribution in [2.45, 2.75) is 44.7 Å². The highest BCUT2D eigenvalue weighted by Crippen LogP contribution is 2.34. The van der Waals surface area contributed by atoms with Crippen molar-refractivity contribution in [2.75, 3.05) is 20.8 Å². The summed E-state index contributed by atoms with van der Waals surface area (Å²) in [5.74, 6) is 2.55. The van der Waals surface area contributed by atoms with Crippen LogP contribution < -0.4 is 15.0 Å². The molecule has 1 atom stereocenters. The van der Waals surface area contributed by atoms with Crippen LogP contribution in [0.4, 0.5) is 0 Å². The maximum Gasteiger partial charge on any atom is 0.259 e. The molecule has 0 bridgehead atoms. The van der Waals surface area contributed by atoms with Gasteiger partial charge in [-0.05, 0) is 56.0 Å². The first kappa shape index (κ1) is 22.7. The van der Waals surface area contributed by atoms with Gasteiger partial charge in [0.1, 0.15) is 10.7 Å². The Morgan fingerprint density at radius 2 is 1.94 bits per heavy atom. The molecule has 1 aliphatic rings. The number of nitrogens with one attached hydrogen (secondary N) is 1. The Hall–Kier alpha value is -2.52. The van der Waals surface area contributed by atoms with Crippen LogP contribution in [-0.4, -0.2) is 46.8 Å². The molecule has 0 saturated heterocycles. The number of rotatable bonds is 6. The Kier molecular flexibility index (Phi) is 6.48. The third-order valence-electron chi connectivity index (χ3n) is 5.94. The van der Waals surface area contributed by atoms with Gasteiger partial charge >= 0.3 is 0 Å². The Labute approximate surface area is 195 Å². The van der Waals surface area contributed by atoms with E-state index in [1.54, 1.807) is 14.2 Å². The van der Waals surface area contributed by atoms with E-state index < -0.39 is 0 Å². The predicted molar refractivity (Wildman–Crippen MR) is 129 cm³/mol. The summed E-state index contributed by atoms with van der Waals surface area (Å²) in [4.78, 5) is 36.8. The summed E-state index contributed by atoms with van der Waals surface area (Å²) in [6, 6.07) is 3.96. The minimum absolute atomic E-state index is 0.0849.